The summed E-state index contributed by atoms with van der Waals surface area (Å²) in [4.78, 5) is 4.61. The second-order valence-electron chi connectivity index (χ2n) is 6.04. The summed E-state index contributed by atoms with van der Waals surface area (Å²) in [5.41, 5.74) is 0.196. The van der Waals surface area contributed by atoms with Gasteiger partial charge in [0.15, 0.2) is 0 Å². The minimum atomic E-state index is 0.196. The van der Waals surface area contributed by atoms with Crippen LogP contribution in [-0.4, -0.2) is 11.0 Å². The number of aromatic nitrogens is 1. The molecule has 1 heterocycles. The highest BCUT2D eigenvalue weighted by Crippen LogP contribution is 2.44. The van der Waals surface area contributed by atoms with Crippen molar-refractivity contribution in [2.75, 3.05) is 0 Å². The summed E-state index contributed by atoms with van der Waals surface area (Å²) in [6.07, 6.45) is 8.54. The number of nitrogens with one attached hydrogen (secondary N) is 1. The molecule has 2 saturated carbocycles. The van der Waals surface area contributed by atoms with Gasteiger partial charge < -0.3 is 5.32 Å². The van der Waals surface area contributed by atoms with Crippen LogP contribution in [-0.2, 0) is 5.54 Å². The quantitative estimate of drug-likeness (QED) is 0.887. The summed E-state index contributed by atoms with van der Waals surface area (Å²) in [5, 5.41) is 7.35. The van der Waals surface area contributed by atoms with Crippen molar-refractivity contribution in [1.82, 2.24) is 10.3 Å². The van der Waals surface area contributed by atoms with Gasteiger partial charge in [-0.3, -0.25) is 0 Å². The van der Waals surface area contributed by atoms with Gasteiger partial charge in [0.1, 0.15) is 5.01 Å². The maximum Gasteiger partial charge on any atom is 0.113 e. The molecule has 3 heteroatoms. The van der Waals surface area contributed by atoms with E-state index in [0.717, 1.165) is 17.9 Å². The van der Waals surface area contributed by atoms with Crippen molar-refractivity contribution in [2.24, 2.45) is 11.8 Å². The SMILES string of the molecule is CC1CCC(NC2CC2)(c2nccs2)CC1C. The maximum atomic E-state index is 4.61. The fourth-order valence-corrected chi connectivity index (χ4v) is 3.92. The molecule has 2 aliphatic carbocycles. The lowest BCUT2D eigenvalue weighted by atomic mass is 9.71. The normalized spacial score (nSPS) is 38.2. The molecule has 0 radical (unpaired) electrons. The molecule has 2 nitrogen and oxygen atoms in total. The monoisotopic (exact) mass is 250 g/mol. The van der Waals surface area contributed by atoms with Crippen molar-refractivity contribution in [2.45, 2.75) is 57.5 Å². The Labute approximate surface area is 108 Å². The Kier molecular flexibility index (Phi) is 2.99. The van der Waals surface area contributed by atoms with E-state index in [0.29, 0.717) is 0 Å². The Balaban J connectivity index is 1.85. The molecule has 0 bridgehead atoms. The van der Waals surface area contributed by atoms with E-state index in [9.17, 15) is 0 Å². The van der Waals surface area contributed by atoms with Gasteiger partial charge in [-0.05, 0) is 43.9 Å². The second kappa shape index (κ2) is 4.36. The van der Waals surface area contributed by atoms with Gasteiger partial charge in [-0.2, -0.15) is 0 Å². The average molecular weight is 250 g/mol. The third kappa shape index (κ3) is 2.27. The first-order valence-corrected chi connectivity index (χ1v) is 7.75. The van der Waals surface area contributed by atoms with Crippen molar-refractivity contribution in [1.29, 1.82) is 0 Å². The van der Waals surface area contributed by atoms with Crippen LogP contribution in [0.2, 0.25) is 0 Å². The lowest BCUT2D eigenvalue weighted by Gasteiger charge is -2.42. The standard InChI is InChI=1S/C14H22N2S/c1-10-5-6-14(9-11(10)2,16-12-3-4-12)13-15-7-8-17-13/h7-8,10-12,16H,3-6,9H2,1-2H3. The van der Waals surface area contributed by atoms with E-state index in [1.54, 1.807) is 0 Å². The molecular weight excluding hydrogens is 228 g/mol. The van der Waals surface area contributed by atoms with Gasteiger partial charge in [-0.25, -0.2) is 4.98 Å². The van der Waals surface area contributed by atoms with E-state index in [1.165, 1.54) is 37.1 Å². The highest BCUT2D eigenvalue weighted by Gasteiger charge is 2.43. The van der Waals surface area contributed by atoms with Crippen LogP contribution in [0.1, 0.15) is 51.0 Å². The van der Waals surface area contributed by atoms with E-state index in [4.69, 9.17) is 0 Å². The summed E-state index contributed by atoms with van der Waals surface area (Å²) in [6, 6.07) is 0.763. The maximum absolute atomic E-state index is 4.61. The van der Waals surface area contributed by atoms with Crippen molar-refractivity contribution in [3.63, 3.8) is 0 Å². The first-order chi connectivity index (χ1) is 8.20. The summed E-state index contributed by atoms with van der Waals surface area (Å²) in [5.74, 6) is 1.67. The second-order valence-corrected chi connectivity index (χ2v) is 6.93. The van der Waals surface area contributed by atoms with Crippen LogP contribution >= 0.6 is 11.3 Å². The highest BCUT2D eigenvalue weighted by atomic mass is 32.1. The molecule has 0 spiro atoms. The molecule has 2 fully saturated rings. The van der Waals surface area contributed by atoms with Gasteiger partial charge in [0, 0.05) is 17.6 Å². The Hall–Kier alpha value is -0.410. The largest absolute Gasteiger partial charge is 0.303 e. The smallest absolute Gasteiger partial charge is 0.113 e. The molecule has 17 heavy (non-hydrogen) atoms. The molecule has 1 N–H and O–H groups in total. The Morgan fingerprint density at radius 1 is 1.29 bits per heavy atom. The van der Waals surface area contributed by atoms with Gasteiger partial charge in [-0.15, -0.1) is 11.3 Å². The zero-order valence-corrected chi connectivity index (χ0v) is 11.6. The van der Waals surface area contributed by atoms with E-state index in [2.05, 4.69) is 29.5 Å². The van der Waals surface area contributed by atoms with Crippen molar-refractivity contribution >= 4 is 11.3 Å². The molecule has 0 aromatic carbocycles. The minimum Gasteiger partial charge on any atom is -0.303 e. The van der Waals surface area contributed by atoms with Gasteiger partial charge in [0.2, 0.25) is 0 Å². The minimum absolute atomic E-state index is 0.196. The molecule has 0 saturated heterocycles. The Morgan fingerprint density at radius 2 is 2.12 bits per heavy atom. The lowest BCUT2D eigenvalue weighted by Crippen LogP contribution is -2.48. The van der Waals surface area contributed by atoms with Crippen LogP contribution in [0.4, 0.5) is 0 Å². The molecule has 0 amide bonds. The summed E-state index contributed by atoms with van der Waals surface area (Å²) in [7, 11) is 0. The summed E-state index contributed by atoms with van der Waals surface area (Å²) >= 11 is 1.83. The van der Waals surface area contributed by atoms with Crippen LogP contribution in [0.25, 0.3) is 0 Å². The van der Waals surface area contributed by atoms with Crippen LogP contribution < -0.4 is 5.32 Å². The highest BCUT2D eigenvalue weighted by molar-refractivity contribution is 7.09. The summed E-state index contributed by atoms with van der Waals surface area (Å²) in [6.45, 7) is 4.80. The Bertz CT molecular complexity index is 372. The molecule has 1 aromatic heterocycles. The van der Waals surface area contributed by atoms with Gasteiger partial charge >= 0.3 is 0 Å². The van der Waals surface area contributed by atoms with E-state index < -0.39 is 0 Å². The third-order valence-corrected chi connectivity index (χ3v) is 5.54. The lowest BCUT2D eigenvalue weighted by molar-refractivity contribution is 0.138. The molecule has 3 unspecified atom stereocenters. The van der Waals surface area contributed by atoms with E-state index in [1.807, 2.05) is 17.5 Å². The number of rotatable bonds is 3. The number of thiazole rings is 1. The number of hydrogen-bond acceptors (Lipinski definition) is 3. The van der Waals surface area contributed by atoms with Crippen molar-refractivity contribution in [3.8, 4) is 0 Å². The van der Waals surface area contributed by atoms with E-state index in [-0.39, 0.29) is 5.54 Å². The number of nitrogens with zero attached hydrogens (tertiary/aromatic N) is 1. The molecule has 0 aliphatic heterocycles. The molecule has 3 rings (SSSR count). The summed E-state index contributed by atoms with van der Waals surface area (Å²) < 4.78 is 0. The average Bonchev–Trinajstić information content (AvgIpc) is 2.95. The molecule has 94 valence electrons. The number of hydrogen-bond donors (Lipinski definition) is 1. The van der Waals surface area contributed by atoms with Gasteiger partial charge in [0.25, 0.3) is 0 Å². The fourth-order valence-electron chi connectivity index (χ4n) is 3.08. The van der Waals surface area contributed by atoms with Crippen molar-refractivity contribution < 1.29 is 0 Å². The zero-order valence-electron chi connectivity index (χ0n) is 10.8. The van der Waals surface area contributed by atoms with Crippen LogP contribution in [0.5, 0.6) is 0 Å². The molecule has 2 aliphatic rings. The van der Waals surface area contributed by atoms with Gasteiger partial charge in [-0.1, -0.05) is 13.8 Å². The molecule has 3 atom stereocenters. The fraction of sp³-hybridized carbons (Fsp3) is 0.786. The van der Waals surface area contributed by atoms with Crippen LogP contribution in [0.3, 0.4) is 0 Å². The zero-order chi connectivity index (χ0) is 11.9. The predicted molar refractivity (Wildman–Crippen MR) is 72.1 cm³/mol. The first kappa shape index (κ1) is 11.7. The van der Waals surface area contributed by atoms with Gasteiger partial charge in [0.05, 0.1) is 5.54 Å². The Morgan fingerprint density at radius 3 is 2.71 bits per heavy atom. The molecular formula is C14H22N2S. The van der Waals surface area contributed by atoms with Crippen LogP contribution in [0, 0.1) is 11.8 Å². The topological polar surface area (TPSA) is 24.9 Å². The van der Waals surface area contributed by atoms with Crippen LogP contribution in [0.15, 0.2) is 11.6 Å². The molecule has 1 aromatic rings. The predicted octanol–water partition coefficient (Wildman–Crippen LogP) is 3.55. The van der Waals surface area contributed by atoms with E-state index >= 15 is 0 Å². The third-order valence-electron chi connectivity index (χ3n) is 4.57. The first-order valence-electron chi connectivity index (χ1n) is 6.87. The van der Waals surface area contributed by atoms with Crippen molar-refractivity contribution in [3.05, 3.63) is 16.6 Å².